The highest BCUT2D eigenvalue weighted by molar-refractivity contribution is 6.13. The number of nitro benzene ring substituents is 1. The van der Waals surface area contributed by atoms with Crippen molar-refractivity contribution in [1.82, 2.24) is 0 Å². The summed E-state index contributed by atoms with van der Waals surface area (Å²) in [5.74, 6) is -0.938. The molecule has 0 fully saturated rings. The van der Waals surface area contributed by atoms with E-state index in [2.05, 4.69) is 5.32 Å². The van der Waals surface area contributed by atoms with Crippen molar-refractivity contribution < 1.29 is 14.8 Å². The van der Waals surface area contributed by atoms with E-state index < -0.39 is 22.3 Å². The third-order valence-electron chi connectivity index (χ3n) is 4.09. The predicted octanol–water partition coefficient (Wildman–Crippen LogP) is 2.66. The molecule has 0 aromatic heterocycles. The van der Waals surface area contributed by atoms with Gasteiger partial charge in [-0.15, -0.1) is 0 Å². The zero-order chi connectivity index (χ0) is 16.2. The highest BCUT2D eigenvalue weighted by Gasteiger charge is 2.53. The first kappa shape index (κ1) is 13.3. The Hall–Kier alpha value is -3.35. The number of nitrogens with zero attached hydrogens (tertiary/aromatic N) is 2. The molecule has 23 heavy (non-hydrogen) atoms. The van der Waals surface area contributed by atoms with Crippen LogP contribution in [0.2, 0.25) is 0 Å². The van der Waals surface area contributed by atoms with Crippen molar-refractivity contribution in [1.29, 1.82) is 0 Å². The number of nitrogens with one attached hydrogen (secondary N) is 1. The maximum absolute atomic E-state index is 12.4. The Balaban J connectivity index is 1.94. The van der Waals surface area contributed by atoms with Crippen LogP contribution in [-0.2, 0) is 10.5 Å². The van der Waals surface area contributed by atoms with Gasteiger partial charge in [-0.05, 0) is 12.1 Å². The lowest BCUT2D eigenvalue weighted by Crippen LogP contribution is -2.45. The summed E-state index contributed by atoms with van der Waals surface area (Å²) in [6.45, 7) is 0. The molecule has 4 rings (SSSR count). The van der Waals surface area contributed by atoms with E-state index in [1.54, 1.807) is 24.3 Å². The molecule has 2 aliphatic heterocycles. The van der Waals surface area contributed by atoms with E-state index in [4.69, 9.17) is 0 Å². The van der Waals surface area contributed by atoms with Gasteiger partial charge in [-0.25, -0.2) is 0 Å². The van der Waals surface area contributed by atoms with Gasteiger partial charge in [-0.2, -0.15) is 0 Å². The molecule has 2 aromatic rings. The van der Waals surface area contributed by atoms with Crippen LogP contribution in [0.4, 0.5) is 17.1 Å². The van der Waals surface area contributed by atoms with Crippen molar-refractivity contribution in [3.63, 3.8) is 0 Å². The molecule has 1 amide bonds. The molecular weight excluding hydrogens is 298 g/mol. The van der Waals surface area contributed by atoms with Crippen molar-refractivity contribution in [3.8, 4) is 0 Å². The fourth-order valence-electron chi connectivity index (χ4n) is 3.11. The minimum atomic E-state index is -1.16. The fourth-order valence-corrected chi connectivity index (χ4v) is 3.11. The Bertz CT molecular complexity index is 892. The number of rotatable bonds is 2. The Morgan fingerprint density at radius 1 is 1.17 bits per heavy atom. The lowest BCUT2D eigenvalue weighted by atomic mass is 9.99. The Morgan fingerprint density at radius 2 is 1.96 bits per heavy atom. The number of hydrogen-bond acceptors (Lipinski definition) is 5. The molecule has 2 aromatic carbocycles. The van der Waals surface area contributed by atoms with E-state index in [1.807, 2.05) is 12.1 Å². The molecule has 0 saturated carbocycles. The molecule has 1 atom stereocenters. The maximum atomic E-state index is 12.4. The number of nitro groups is 1. The van der Waals surface area contributed by atoms with Gasteiger partial charge in [0.05, 0.1) is 16.3 Å². The number of non-ortho nitro benzene ring substituents is 1. The molecule has 0 spiro atoms. The number of anilines is 2. The summed E-state index contributed by atoms with van der Waals surface area (Å²) in [7, 11) is 0. The minimum Gasteiger partial charge on any atom is -0.503 e. The van der Waals surface area contributed by atoms with Gasteiger partial charge in [0, 0.05) is 23.8 Å². The van der Waals surface area contributed by atoms with Crippen molar-refractivity contribution >= 4 is 23.0 Å². The summed E-state index contributed by atoms with van der Waals surface area (Å²) in [5, 5.41) is 24.2. The van der Waals surface area contributed by atoms with Gasteiger partial charge < -0.3 is 10.4 Å². The fraction of sp³-hybridized carbons (Fsp3) is 0.0625. The summed E-state index contributed by atoms with van der Waals surface area (Å²) in [6.07, 6.45) is 1.38. The highest BCUT2D eigenvalue weighted by Crippen LogP contribution is 2.50. The largest absolute Gasteiger partial charge is 0.503 e. The lowest BCUT2D eigenvalue weighted by Gasteiger charge is -2.31. The van der Waals surface area contributed by atoms with Crippen molar-refractivity contribution in [2.75, 3.05) is 10.2 Å². The second kappa shape index (κ2) is 4.33. The molecule has 114 valence electrons. The van der Waals surface area contributed by atoms with Crippen LogP contribution < -0.4 is 10.2 Å². The molecule has 0 saturated heterocycles. The van der Waals surface area contributed by atoms with Gasteiger partial charge in [-0.3, -0.25) is 19.8 Å². The molecule has 0 bridgehead atoms. The third-order valence-corrected chi connectivity index (χ3v) is 4.09. The van der Waals surface area contributed by atoms with E-state index >= 15 is 0 Å². The number of carbonyl (C=O) groups excluding carboxylic acids is 1. The van der Waals surface area contributed by atoms with Gasteiger partial charge in [0.2, 0.25) is 0 Å². The first-order valence-corrected chi connectivity index (χ1v) is 6.91. The minimum absolute atomic E-state index is 0.0816. The Labute approximate surface area is 130 Å². The zero-order valence-electron chi connectivity index (χ0n) is 11.8. The maximum Gasteiger partial charge on any atom is 0.295 e. The number of amides is 1. The smallest absolute Gasteiger partial charge is 0.295 e. The van der Waals surface area contributed by atoms with E-state index in [0.29, 0.717) is 11.3 Å². The monoisotopic (exact) mass is 309 g/mol. The number of aliphatic hydroxyl groups is 1. The third kappa shape index (κ3) is 1.67. The number of carbonyl (C=O) groups is 1. The van der Waals surface area contributed by atoms with Crippen LogP contribution in [0.1, 0.15) is 5.56 Å². The van der Waals surface area contributed by atoms with Crippen LogP contribution in [0.25, 0.3) is 0 Å². The van der Waals surface area contributed by atoms with Crippen molar-refractivity contribution in [2.24, 2.45) is 0 Å². The predicted molar refractivity (Wildman–Crippen MR) is 83.0 cm³/mol. The van der Waals surface area contributed by atoms with Crippen LogP contribution >= 0.6 is 0 Å². The van der Waals surface area contributed by atoms with Crippen LogP contribution in [0.5, 0.6) is 0 Å². The van der Waals surface area contributed by atoms with E-state index in [-0.39, 0.29) is 5.69 Å². The van der Waals surface area contributed by atoms with Crippen LogP contribution in [-0.4, -0.2) is 15.9 Å². The van der Waals surface area contributed by atoms with E-state index in [9.17, 15) is 20.0 Å². The molecule has 0 radical (unpaired) electrons. The number of aliphatic hydroxyl groups excluding tert-OH is 1. The van der Waals surface area contributed by atoms with Gasteiger partial charge in [0.1, 0.15) is 0 Å². The first-order chi connectivity index (χ1) is 11.0. The van der Waals surface area contributed by atoms with Gasteiger partial charge in [-0.1, -0.05) is 24.3 Å². The second-order valence-corrected chi connectivity index (χ2v) is 5.39. The zero-order valence-corrected chi connectivity index (χ0v) is 11.8. The molecule has 7 nitrogen and oxygen atoms in total. The summed E-state index contributed by atoms with van der Waals surface area (Å²) >= 11 is 0. The van der Waals surface area contributed by atoms with Gasteiger partial charge in [0.15, 0.2) is 11.4 Å². The quantitative estimate of drug-likeness (QED) is 0.657. The van der Waals surface area contributed by atoms with Crippen LogP contribution in [0.15, 0.2) is 60.4 Å². The average molecular weight is 309 g/mol. The Morgan fingerprint density at radius 3 is 2.74 bits per heavy atom. The molecule has 2 heterocycles. The standard InChI is InChI=1S/C16H11N3O4/c20-14-9-16(10-4-3-5-11(8-10)19(22)23)17-12-6-1-2-7-13(12)18(16)15(14)21/h1-9,17,20H/t16-/m0/s1. The lowest BCUT2D eigenvalue weighted by molar-refractivity contribution is -0.384. The average Bonchev–Trinajstić information content (AvgIpc) is 3.00. The molecule has 7 heteroatoms. The second-order valence-electron chi connectivity index (χ2n) is 5.39. The normalized spacial score (nSPS) is 21.5. The number of para-hydroxylation sites is 2. The molecule has 2 N–H and O–H groups in total. The number of hydrogen-bond donors (Lipinski definition) is 2. The summed E-state index contributed by atoms with van der Waals surface area (Å²) < 4.78 is 0. The van der Waals surface area contributed by atoms with E-state index in [0.717, 1.165) is 5.69 Å². The molecule has 0 unspecified atom stereocenters. The van der Waals surface area contributed by atoms with Crippen LogP contribution in [0.3, 0.4) is 0 Å². The van der Waals surface area contributed by atoms with E-state index in [1.165, 1.54) is 23.1 Å². The SMILES string of the molecule is O=C1C(O)=C[C@]2(c3cccc([N+](=O)[O-])c3)Nc3ccccc3N12. The summed E-state index contributed by atoms with van der Waals surface area (Å²) in [4.78, 5) is 24.3. The van der Waals surface area contributed by atoms with Crippen molar-refractivity contribution in [3.05, 3.63) is 76.0 Å². The highest BCUT2D eigenvalue weighted by atomic mass is 16.6. The van der Waals surface area contributed by atoms with Gasteiger partial charge >= 0.3 is 0 Å². The molecule has 2 aliphatic rings. The summed E-state index contributed by atoms with van der Waals surface area (Å²) in [6, 6.07) is 13.2. The van der Waals surface area contributed by atoms with Gasteiger partial charge in [0.25, 0.3) is 11.6 Å². The van der Waals surface area contributed by atoms with Crippen molar-refractivity contribution in [2.45, 2.75) is 5.66 Å². The van der Waals surface area contributed by atoms with Crippen LogP contribution in [0, 0.1) is 10.1 Å². The Kier molecular flexibility index (Phi) is 2.51. The molecule has 0 aliphatic carbocycles. The molecular formula is C16H11N3O4. The first-order valence-electron chi connectivity index (χ1n) is 6.91. The summed E-state index contributed by atoms with van der Waals surface area (Å²) in [5.41, 5.74) is 0.596. The number of fused-ring (bicyclic) bond motifs is 3. The topological polar surface area (TPSA) is 95.7 Å². The number of benzene rings is 2.